The maximum atomic E-state index is 3.65. The van der Waals surface area contributed by atoms with Gasteiger partial charge < -0.3 is 5.32 Å². The van der Waals surface area contributed by atoms with E-state index in [4.69, 9.17) is 0 Å². The minimum absolute atomic E-state index is 0.490. The first-order chi connectivity index (χ1) is 5.94. The Bertz CT molecular complexity index is 161. The van der Waals surface area contributed by atoms with Crippen molar-refractivity contribution in [2.75, 3.05) is 18.1 Å². The van der Waals surface area contributed by atoms with Gasteiger partial charge in [-0.3, -0.25) is 0 Å². The van der Waals surface area contributed by atoms with Gasteiger partial charge in [-0.1, -0.05) is 34.6 Å². The summed E-state index contributed by atoms with van der Waals surface area (Å²) in [6, 6.07) is 0.720. The first kappa shape index (κ1) is 11.4. The predicted octanol–water partition coefficient (Wildman–Crippen LogP) is 2.76. The smallest absolute Gasteiger partial charge is 0.0181 e. The quantitative estimate of drug-likeness (QED) is 0.687. The molecule has 0 amide bonds. The van der Waals surface area contributed by atoms with Crippen LogP contribution in [0, 0.1) is 10.8 Å². The highest BCUT2D eigenvalue weighted by molar-refractivity contribution is 7.99. The van der Waals surface area contributed by atoms with E-state index in [1.807, 2.05) is 11.8 Å². The zero-order valence-electron chi connectivity index (χ0n) is 9.61. The van der Waals surface area contributed by atoms with Gasteiger partial charge in [0.15, 0.2) is 0 Å². The van der Waals surface area contributed by atoms with Crippen LogP contribution in [0.5, 0.6) is 0 Å². The van der Waals surface area contributed by atoms with Gasteiger partial charge in [0.2, 0.25) is 0 Å². The molecule has 0 saturated heterocycles. The SMILES string of the molecule is CCSCCNC1C(C)(C)C1(C)C. The van der Waals surface area contributed by atoms with Crippen molar-refractivity contribution >= 4 is 11.8 Å². The van der Waals surface area contributed by atoms with Crippen LogP contribution in [0.15, 0.2) is 0 Å². The highest BCUT2D eigenvalue weighted by atomic mass is 32.2. The summed E-state index contributed by atoms with van der Waals surface area (Å²) in [6.07, 6.45) is 0. The second-order valence-corrected chi connectivity index (χ2v) is 6.42. The Morgan fingerprint density at radius 2 is 1.69 bits per heavy atom. The summed E-state index contributed by atoms with van der Waals surface area (Å²) in [5.41, 5.74) is 0.980. The lowest BCUT2D eigenvalue weighted by Crippen LogP contribution is -2.24. The van der Waals surface area contributed by atoms with E-state index >= 15 is 0 Å². The Hall–Kier alpha value is 0.310. The van der Waals surface area contributed by atoms with E-state index in [9.17, 15) is 0 Å². The molecule has 0 spiro atoms. The molecule has 0 bridgehead atoms. The predicted molar refractivity (Wildman–Crippen MR) is 62.4 cm³/mol. The summed E-state index contributed by atoms with van der Waals surface area (Å²) < 4.78 is 0. The standard InChI is InChI=1S/C11H23NS/c1-6-13-8-7-12-9-10(2,3)11(9,4)5/h9,12H,6-8H2,1-5H3. The molecule has 1 fully saturated rings. The van der Waals surface area contributed by atoms with Crippen molar-refractivity contribution in [3.05, 3.63) is 0 Å². The molecule has 0 heterocycles. The van der Waals surface area contributed by atoms with Gasteiger partial charge in [-0.05, 0) is 16.6 Å². The monoisotopic (exact) mass is 201 g/mol. The Morgan fingerprint density at radius 3 is 2.08 bits per heavy atom. The minimum Gasteiger partial charge on any atom is -0.312 e. The van der Waals surface area contributed by atoms with Crippen LogP contribution in [-0.4, -0.2) is 24.1 Å². The summed E-state index contributed by atoms with van der Waals surface area (Å²) in [4.78, 5) is 0. The van der Waals surface area contributed by atoms with E-state index in [2.05, 4.69) is 39.9 Å². The maximum absolute atomic E-state index is 3.65. The topological polar surface area (TPSA) is 12.0 Å². The van der Waals surface area contributed by atoms with Gasteiger partial charge in [0.25, 0.3) is 0 Å². The highest BCUT2D eigenvalue weighted by Crippen LogP contribution is 2.62. The molecule has 0 aromatic carbocycles. The maximum Gasteiger partial charge on any atom is 0.0181 e. The number of nitrogens with one attached hydrogen (secondary N) is 1. The Morgan fingerprint density at radius 1 is 1.15 bits per heavy atom. The van der Waals surface area contributed by atoms with Crippen molar-refractivity contribution in [2.24, 2.45) is 10.8 Å². The van der Waals surface area contributed by atoms with Crippen LogP contribution in [0.1, 0.15) is 34.6 Å². The first-order valence-corrected chi connectivity index (χ1v) is 6.41. The zero-order valence-corrected chi connectivity index (χ0v) is 10.4. The van der Waals surface area contributed by atoms with Crippen molar-refractivity contribution < 1.29 is 0 Å². The second kappa shape index (κ2) is 3.82. The second-order valence-electron chi connectivity index (χ2n) is 5.03. The number of hydrogen-bond donors (Lipinski definition) is 1. The van der Waals surface area contributed by atoms with Crippen LogP contribution in [0.2, 0.25) is 0 Å². The molecule has 0 aliphatic heterocycles. The molecule has 1 saturated carbocycles. The van der Waals surface area contributed by atoms with Crippen LogP contribution in [0.4, 0.5) is 0 Å². The molecular weight excluding hydrogens is 178 g/mol. The molecule has 0 unspecified atom stereocenters. The fraction of sp³-hybridized carbons (Fsp3) is 1.00. The van der Waals surface area contributed by atoms with E-state index in [-0.39, 0.29) is 0 Å². The molecule has 1 N–H and O–H groups in total. The molecule has 1 nitrogen and oxygen atoms in total. The van der Waals surface area contributed by atoms with Crippen LogP contribution in [0.25, 0.3) is 0 Å². The third kappa shape index (κ3) is 2.04. The Balaban J connectivity index is 2.19. The summed E-state index contributed by atoms with van der Waals surface area (Å²) in [7, 11) is 0. The Kier molecular flexibility index (Phi) is 3.34. The molecule has 0 radical (unpaired) electrons. The van der Waals surface area contributed by atoms with Gasteiger partial charge >= 0.3 is 0 Å². The molecule has 1 aliphatic carbocycles. The fourth-order valence-corrected chi connectivity index (χ4v) is 2.68. The van der Waals surface area contributed by atoms with Crippen LogP contribution < -0.4 is 5.32 Å². The van der Waals surface area contributed by atoms with Crippen LogP contribution >= 0.6 is 11.8 Å². The summed E-state index contributed by atoms with van der Waals surface area (Å²) >= 11 is 2.02. The summed E-state index contributed by atoms with van der Waals surface area (Å²) in [5.74, 6) is 2.48. The normalized spacial score (nSPS) is 24.7. The number of thioether (sulfide) groups is 1. The van der Waals surface area contributed by atoms with Gasteiger partial charge in [0, 0.05) is 18.3 Å². The van der Waals surface area contributed by atoms with Crippen molar-refractivity contribution in [3.63, 3.8) is 0 Å². The largest absolute Gasteiger partial charge is 0.312 e. The van der Waals surface area contributed by atoms with Gasteiger partial charge in [0.1, 0.15) is 0 Å². The van der Waals surface area contributed by atoms with Crippen molar-refractivity contribution in [2.45, 2.75) is 40.7 Å². The number of rotatable bonds is 5. The highest BCUT2D eigenvalue weighted by Gasteiger charge is 2.64. The molecule has 0 aromatic heterocycles. The van der Waals surface area contributed by atoms with Crippen LogP contribution in [-0.2, 0) is 0 Å². The van der Waals surface area contributed by atoms with Gasteiger partial charge in [0.05, 0.1) is 0 Å². The van der Waals surface area contributed by atoms with E-state index in [0.29, 0.717) is 10.8 Å². The van der Waals surface area contributed by atoms with Gasteiger partial charge in [-0.25, -0.2) is 0 Å². The van der Waals surface area contributed by atoms with E-state index in [1.165, 1.54) is 11.5 Å². The summed E-state index contributed by atoms with van der Waals surface area (Å²) in [5, 5.41) is 3.65. The first-order valence-electron chi connectivity index (χ1n) is 5.25. The van der Waals surface area contributed by atoms with Gasteiger partial charge in [-0.2, -0.15) is 11.8 Å². The Labute approximate surface area is 87.1 Å². The molecule has 0 aromatic rings. The molecule has 0 atom stereocenters. The molecular formula is C11H23NS. The lowest BCUT2D eigenvalue weighted by molar-refractivity contribution is 0.457. The summed E-state index contributed by atoms with van der Waals surface area (Å²) in [6.45, 7) is 12.8. The van der Waals surface area contributed by atoms with Crippen molar-refractivity contribution in [1.82, 2.24) is 5.32 Å². The third-order valence-electron chi connectivity index (χ3n) is 3.82. The molecule has 13 heavy (non-hydrogen) atoms. The molecule has 1 rings (SSSR count). The van der Waals surface area contributed by atoms with Gasteiger partial charge in [-0.15, -0.1) is 0 Å². The zero-order chi connectivity index (χ0) is 10.1. The van der Waals surface area contributed by atoms with E-state index in [0.717, 1.165) is 12.6 Å². The lowest BCUT2D eigenvalue weighted by atomic mass is 10.0. The van der Waals surface area contributed by atoms with E-state index < -0.39 is 0 Å². The molecule has 78 valence electrons. The molecule has 1 aliphatic rings. The minimum atomic E-state index is 0.490. The van der Waals surface area contributed by atoms with E-state index in [1.54, 1.807) is 0 Å². The van der Waals surface area contributed by atoms with Crippen LogP contribution in [0.3, 0.4) is 0 Å². The average Bonchev–Trinajstić information content (AvgIpc) is 2.39. The van der Waals surface area contributed by atoms with Crippen molar-refractivity contribution in [3.8, 4) is 0 Å². The fourth-order valence-electron chi connectivity index (χ4n) is 2.13. The molecule has 2 heteroatoms. The van der Waals surface area contributed by atoms with Crippen molar-refractivity contribution in [1.29, 1.82) is 0 Å². The number of hydrogen-bond acceptors (Lipinski definition) is 2. The lowest BCUT2D eigenvalue weighted by Gasteiger charge is -2.04. The third-order valence-corrected chi connectivity index (χ3v) is 4.72. The average molecular weight is 201 g/mol.